The number of hydrogen-bond donors (Lipinski definition) is 2. The van der Waals surface area contributed by atoms with Gasteiger partial charge in [-0.25, -0.2) is 0 Å². The molecule has 4 heteroatoms. The highest BCUT2D eigenvalue weighted by molar-refractivity contribution is 7.14. The minimum Gasteiger partial charge on any atom is -0.384 e. The van der Waals surface area contributed by atoms with Crippen LogP contribution in [0.3, 0.4) is 0 Å². The zero-order valence-corrected chi connectivity index (χ0v) is 12.1. The Labute approximate surface area is 112 Å². The van der Waals surface area contributed by atoms with Crippen LogP contribution in [-0.2, 0) is 0 Å². The third kappa shape index (κ3) is 4.52. The molecule has 0 aromatic carbocycles. The Kier molecular flexibility index (Phi) is 4.94. The number of aliphatic hydroxyl groups excluding tert-OH is 1. The zero-order valence-electron chi connectivity index (χ0n) is 11.3. The van der Waals surface area contributed by atoms with Crippen LogP contribution in [0.5, 0.6) is 0 Å². The number of rotatable bonds is 2. The molecule has 0 bridgehead atoms. The van der Waals surface area contributed by atoms with E-state index in [1.54, 1.807) is 0 Å². The number of aliphatic hydroxyl groups is 1. The molecule has 1 aromatic heterocycles. The number of amides is 1. The summed E-state index contributed by atoms with van der Waals surface area (Å²) in [5.74, 6) is 5.39. The molecule has 0 radical (unpaired) electrons. The van der Waals surface area contributed by atoms with E-state index in [-0.39, 0.29) is 17.9 Å². The van der Waals surface area contributed by atoms with Gasteiger partial charge in [0.25, 0.3) is 5.91 Å². The topological polar surface area (TPSA) is 49.3 Å². The molecule has 1 rings (SSSR count). The average Bonchev–Trinajstić information content (AvgIpc) is 2.64. The summed E-state index contributed by atoms with van der Waals surface area (Å²) in [7, 11) is 0. The van der Waals surface area contributed by atoms with Crippen LogP contribution in [0, 0.1) is 24.2 Å². The molecule has 0 saturated carbocycles. The number of nitrogens with one attached hydrogen (secondary N) is 1. The van der Waals surface area contributed by atoms with Crippen LogP contribution in [0.4, 0.5) is 0 Å². The Balaban J connectivity index is 2.76. The number of hydrogen-bond acceptors (Lipinski definition) is 3. The van der Waals surface area contributed by atoms with Gasteiger partial charge in [0.05, 0.1) is 9.75 Å². The minimum absolute atomic E-state index is 0.0601. The summed E-state index contributed by atoms with van der Waals surface area (Å²) in [6, 6.07) is 1.84. The van der Waals surface area contributed by atoms with Crippen molar-refractivity contribution in [3.63, 3.8) is 0 Å². The van der Waals surface area contributed by atoms with E-state index < -0.39 is 0 Å². The van der Waals surface area contributed by atoms with Crippen molar-refractivity contribution in [2.24, 2.45) is 5.41 Å². The standard InChI is InChI=1S/C14H19NO2S/c1-10-8-12(18-11(10)6-5-7-16)13(17)15-9-14(2,3)4/h8,16H,7,9H2,1-4H3,(H,15,17). The van der Waals surface area contributed by atoms with Gasteiger partial charge in [0.15, 0.2) is 0 Å². The SMILES string of the molecule is Cc1cc(C(=O)NCC(C)(C)C)sc1C#CCO. The van der Waals surface area contributed by atoms with Gasteiger partial charge < -0.3 is 10.4 Å². The maximum atomic E-state index is 11.9. The third-order valence-electron chi connectivity index (χ3n) is 2.20. The number of thiophene rings is 1. The fourth-order valence-electron chi connectivity index (χ4n) is 1.27. The molecule has 0 spiro atoms. The molecule has 0 fully saturated rings. The van der Waals surface area contributed by atoms with E-state index in [1.165, 1.54) is 11.3 Å². The first-order valence-electron chi connectivity index (χ1n) is 5.82. The lowest BCUT2D eigenvalue weighted by Gasteiger charge is -2.18. The fraction of sp³-hybridized carbons (Fsp3) is 0.500. The van der Waals surface area contributed by atoms with E-state index >= 15 is 0 Å². The summed E-state index contributed by atoms with van der Waals surface area (Å²) in [4.78, 5) is 13.4. The lowest BCUT2D eigenvalue weighted by molar-refractivity contribution is 0.0943. The van der Waals surface area contributed by atoms with Crippen molar-refractivity contribution < 1.29 is 9.90 Å². The second-order valence-electron chi connectivity index (χ2n) is 5.33. The van der Waals surface area contributed by atoms with Gasteiger partial charge >= 0.3 is 0 Å². The molecular formula is C14H19NO2S. The molecule has 0 saturated heterocycles. The van der Waals surface area contributed by atoms with E-state index in [1.807, 2.05) is 13.0 Å². The highest BCUT2D eigenvalue weighted by Gasteiger charge is 2.15. The van der Waals surface area contributed by atoms with Crippen LogP contribution >= 0.6 is 11.3 Å². The van der Waals surface area contributed by atoms with Crippen LogP contribution in [0.15, 0.2) is 6.07 Å². The molecule has 3 nitrogen and oxygen atoms in total. The van der Waals surface area contributed by atoms with Crippen LogP contribution < -0.4 is 5.32 Å². The predicted molar refractivity (Wildman–Crippen MR) is 74.8 cm³/mol. The van der Waals surface area contributed by atoms with Gasteiger partial charge in [-0.05, 0) is 24.0 Å². The second-order valence-corrected chi connectivity index (χ2v) is 6.38. The molecule has 0 unspecified atom stereocenters. The van der Waals surface area contributed by atoms with Crippen molar-refractivity contribution in [2.75, 3.05) is 13.2 Å². The van der Waals surface area contributed by atoms with Gasteiger partial charge in [-0.1, -0.05) is 32.6 Å². The van der Waals surface area contributed by atoms with Crippen molar-refractivity contribution in [1.29, 1.82) is 0 Å². The van der Waals surface area contributed by atoms with Crippen molar-refractivity contribution in [1.82, 2.24) is 5.32 Å². The molecule has 0 aliphatic heterocycles. The monoisotopic (exact) mass is 265 g/mol. The molecule has 98 valence electrons. The summed E-state index contributed by atoms with van der Waals surface area (Å²) in [5.41, 5.74) is 1.04. The Morgan fingerprint density at radius 3 is 2.72 bits per heavy atom. The molecular weight excluding hydrogens is 246 g/mol. The minimum atomic E-state index is -0.164. The van der Waals surface area contributed by atoms with E-state index in [0.717, 1.165) is 10.4 Å². The number of carbonyl (C=O) groups excluding carboxylic acids is 1. The lowest BCUT2D eigenvalue weighted by Crippen LogP contribution is -2.31. The van der Waals surface area contributed by atoms with Crippen LogP contribution in [0.1, 0.15) is 40.9 Å². The molecule has 0 aliphatic rings. The predicted octanol–water partition coefficient (Wildman–Crippen LogP) is 2.18. The zero-order chi connectivity index (χ0) is 13.8. The Morgan fingerprint density at radius 2 is 2.17 bits per heavy atom. The number of carbonyl (C=O) groups is 1. The highest BCUT2D eigenvalue weighted by atomic mass is 32.1. The van der Waals surface area contributed by atoms with Crippen LogP contribution in [0.25, 0.3) is 0 Å². The molecule has 1 heterocycles. The normalized spacial score (nSPS) is 10.7. The van der Waals surface area contributed by atoms with Gasteiger partial charge in [0.1, 0.15) is 6.61 Å². The first-order chi connectivity index (χ1) is 8.33. The van der Waals surface area contributed by atoms with Gasteiger partial charge in [-0.3, -0.25) is 4.79 Å². The van der Waals surface area contributed by atoms with E-state index in [4.69, 9.17) is 5.11 Å². The maximum absolute atomic E-state index is 11.9. The van der Waals surface area contributed by atoms with Crippen LogP contribution in [-0.4, -0.2) is 24.2 Å². The summed E-state index contributed by atoms with van der Waals surface area (Å²) >= 11 is 1.36. The Bertz CT molecular complexity index is 486. The van der Waals surface area contributed by atoms with Gasteiger partial charge in [-0.2, -0.15) is 0 Å². The smallest absolute Gasteiger partial charge is 0.261 e. The van der Waals surface area contributed by atoms with Crippen molar-refractivity contribution >= 4 is 17.2 Å². The van der Waals surface area contributed by atoms with Gasteiger partial charge in [-0.15, -0.1) is 11.3 Å². The Hall–Kier alpha value is -1.31. The Morgan fingerprint density at radius 1 is 1.50 bits per heavy atom. The molecule has 1 aromatic rings. The van der Waals surface area contributed by atoms with Gasteiger partial charge in [0, 0.05) is 6.54 Å². The average molecular weight is 265 g/mol. The van der Waals surface area contributed by atoms with Crippen molar-refractivity contribution in [3.05, 3.63) is 21.4 Å². The molecule has 1 amide bonds. The summed E-state index contributed by atoms with van der Waals surface area (Å²) in [6.45, 7) is 8.61. The van der Waals surface area contributed by atoms with Crippen molar-refractivity contribution in [3.8, 4) is 11.8 Å². The summed E-state index contributed by atoms with van der Waals surface area (Å²) < 4.78 is 0. The van der Waals surface area contributed by atoms with E-state index in [2.05, 4.69) is 37.9 Å². The summed E-state index contributed by atoms with van der Waals surface area (Å²) in [6.07, 6.45) is 0. The quantitative estimate of drug-likeness (QED) is 0.805. The fourth-order valence-corrected chi connectivity index (χ4v) is 2.23. The van der Waals surface area contributed by atoms with E-state index in [9.17, 15) is 4.79 Å². The third-order valence-corrected chi connectivity index (χ3v) is 3.35. The van der Waals surface area contributed by atoms with Gasteiger partial charge in [0.2, 0.25) is 0 Å². The van der Waals surface area contributed by atoms with Crippen LogP contribution in [0.2, 0.25) is 0 Å². The molecule has 0 aliphatic carbocycles. The highest BCUT2D eigenvalue weighted by Crippen LogP contribution is 2.21. The molecule has 2 N–H and O–H groups in total. The van der Waals surface area contributed by atoms with Crippen molar-refractivity contribution in [2.45, 2.75) is 27.7 Å². The largest absolute Gasteiger partial charge is 0.384 e. The lowest BCUT2D eigenvalue weighted by atomic mass is 9.97. The molecule has 0 atom stereocenters. The summed E-state index contributed by atoms with van der Waals surface area (Å²) in [5, 5.41) is 11.6. The second kappa shape index (κ2) is 6.03. The maximum Gasteiger partial charge on any atom is 0.261 e. The van der Waals surface area contributed by atoms with E-state index in [0.29, 0.717) is 11.4 Å². The molecule has 18 heavy (non-hydrogen) atoms. The first-order valence-corrected chi connectivity index (χ1v) is 6.63. The first kappa shape index (κ1) is 14.7. The number of aryl methyl sites for hydroxylation is 1.